The summed E-state index contributed by atoms with van der Waals surface area (Å²) in [6.45, 7) is 6.07. The molecule has 1 fully saturated rings. The van der Waals surface area contributed by atoms with Gasteiger partial charge in [-0.15, -0.1) is 0 Å². The van der Waals surface area contributed by atoms with Gasteiger partial charge in [0.1, 0.15) is 5.82 Å². The molecule has 5 nitrogen and oxygen atoms in total. The maximum absolute atomic E-state index is 13.6. The summed E-state index contributed by atoms with van der Waals surface area (Å²) in [6, 6.07) is 5.92. The van der Waals surface area contributed by atoms with Crippen LogP contribution < -0.4 is 10.6 Å². The first-order valence-electron chi connectivity index (χ1n) is 9.03. The van der Waals surface area contributed by atoms with E-state index in [1.165, 1.54) is 6.07 Å². The van der Waals surface area contributed by atoms with E-state index in [4.69, 9.17) is 0 Å². The van der Waals surface area contributed by atoms with E-state index in [1.54, 1.807) is 23.1 Å². The molecule has 0 aliphatic carbocycles. The Kier molecular flexibility index (Phi) is 7.22. The van der Waals surface area contributed by atoms with Crippen LogP contribution in [0.2, 0.25) is 0 Å². The quantitative estimate of drug-likeness (QED) is 0.824. The number of nitrogens with one attached hydrogen (secondary N) is 2. The highest BCUT2D eigenvalue weighted by Gasteiger charge is 2.23. The van der Waals surface area contributed by atoms with Crippen LogP contribution in [0.15, 0.2) is 24.3 Å². The van der Waals surface area contributed by atoms with Crippen molar-refractivity contribution >= 4 is 17.6 Å². The van der Waals surface area contributed by atoms with Crippen LogP contribution in [0.1, 0.15) is 39.5 Å². The Morgan fingerprint density at radius 1 is 1.24 bits per heavy atom. The van der Waals surface area contributed by atoms with E-state index < -0.39 is 5.82 Å². The molecule has 0 spiro atoms. The molecule has 2 rings (SSSR count). The lowest BCUT2D eigenvalue weighted by Crippen LogP contribution is -2.41. The molecule has 0 aromatic heterocycles. The number of hydrogen-bond donors (Lipinski definition) is 2. The molecular weight excluding hydrogens is 321 g/mol. The van der Waals surface area contributed by atoms with Gasteiger partial charge in [-0.2, -0.15) is 0 Å². The second kappa shape index (κ2) is 9.39. The Balaban J connectivity index is 1.68. The monoisotopic (exact) mass is 349 g/mol. The van der Waals surface area contributed by atoms with E-state index in [0.717, 1.165) is 19.3 Å². The predicted molar refractivity (Wildman–Crippen MR) is 96.8 cm³/mol. The zero-order chi connectivity index (χ0) is 18.2. The van der Waals surface area contributed by atoms with Crippen molar-refractivity contribution in [1.82, 2.24) is 10.2 Å². The lowest BCUT2D eigenvalue weighted by molar-refractivity contribution is -0.121. The number of amides is 3. The van der Waals surface area contributed by atoms with Gasteiger partial charge < -0.3 is 15.5 Å². The van der Waals surface area contributed by atoms with Gasteiger partial charge in [-0.25, -0.2) is 9.18 Å². The van der Waals surface area contributed by atoms with Crippen molar-refractivity contribution in [3.8, 4) is 0 Å². The third-order valence-corrected chi connectivity index (χ3v) is 4.49. The molecule has 1 aliphatic heterocycles. The smallest absolute Gasteiger partial charge is 0.321 e. The molecule has 1 aromatic rings. The number of carbonyl (C=O) groups is 2. The minimum Gasteiger partial charge on any atom is -0.356 e. The van der Waals surface area contributed by atoms with Gasteiger partial charge in [-0.05, 0) is 43.2 Å². The van der Waals surface area contributed by atoms with E-state index in [0.29, 0.717) is 37.9 Å². The van der Waals surface area contributed by atoms with Crippen molar-refractivity contribution in [2.75, 3.05) is 25.0 Å². The average Bonchev–Trinajstić information content (AvgIpc) is 2.57. The molecule has 0 radical (unpaired) electrons. The fourth-order valence-electron chi connectivity index (χ4n) is 3.04. The number of rotatable bonds is 6. The van der Waals surface area contributed by atoms with Crippen molar-refractivity contribution in [2.24, 2.45) is 11.8 Å². The Labute approximate surface area is 149 Å². The lowest BCUT2D eigenvalue weighted by atomic mass is 9.93. The number of hydrogen-bond acceptors (Lipinski definition) is 2. The zero-order valence-corrected chi connectivity index (χ0v) is 15.1. The fraction of sp³-hybridized carbons (Fsp3) is 0.579. The zero-order valence-electron chi connectivity index (χ0n) is 15.1. The maximum Gasteiger partial charge on any atom is 0.321 e. The number of para-hydroxylation sites is 1. The van der Waals surface area contributed by atoms with Crippen molar-refractivity contribution < 1.29 is 14.0 Å². The minimum absolute atomic E-state index is 0.108. The molecule has 0 unspecified atom stereocenters. The van der Waals surface area contributed by atoms with Gasteiger partial charge in [0.2, 0.25) is 5.91 Å². The molecule has 1 heterocycles. The maximum atomic E-state index is 13.6. The number of likely N-dealkylation sites (tertiary alicyclic amines) is 1. The molecule has 2 N–H and O–H groups in total. The van der Waals surface area contributed by atoms with Gasteiger partial charge in [0.15, 0.2) is 0 Å². The molecule has 0 saturated carbocycles. The molecule has 1 aliphatic rings. The van der Waals surface area contributed by atoms with Crippen LogP contribution in [0.25, 0.3) is 0 Å². The minimum atomic E-state index is -0.428. The van der Waals surface area contributed by atoms with Crippen LogP contribution in [-0.4, -0.2) is 36.5 Å². The molecule has 1 saturated heterocycles. The molecular formula is C19H28FN3O2. The van der Waals surface area contributed by atoms with Crippen LogP contribution >= 0.6 is 0 Å². The normalized spacial score (nSPS) is 15.3. The molecule has 3 amide bonds. The highest BCUT2D eigenvalue weighted by Crippen LogP contribution is 2.21. The van der Waals surface area contributed by atoms with Crippen LogP contribution in [0.5, 0.6) is 0 Å². The van der Waals surface area contributed by atoms with Crippen molar-refractivity contribution in [3.63, 3.8) is 0 Å². The lowest BCUT2D eigenvalue weighted by Gasteiger charge is -2.32. The molecule has 6 heteroatoms. The second-order valence-electron chi connectivity index (χ2n) is 7.08. The second-order valence-corrected chi connectivity index (χ2v) is 7.08. The van der Waals surface area contributed by atoms with E-state index in [1.807, 2.05) is 13.8 Å². The van der Waals surface area contributed by atoms with Crippen LogP contribution in [0.3, 0.4) is 0 Å². The summed E-state index contributed by atoms with van der Waals surface area (Å²) in [5.41, 5.74) is 0.211. The molecule has 25 heavy (non-hydrogen) atoms. The summed E-state index contributed by atoms with van der Waals surface area (Å²) >= 11 is 0. The fourth-order valence-corrected chi connectivity index (χ4v) is 3.04. The van der Waals surface area contributed by atoms with Crippen LogP contribution in [0, 0.1) is 17.7 Å². The third kappa shape index (κ3) is 6.36. The number of anilines is 1. The van der Waals surface area contributed by atoms with Gasteiger partial charge in [-0.1, -0.05) is 26.0 Å². The SMILES string of the molecule is CC(C)CC(=O)NCCC1CCN(C(=O)Nc2ccccc2F)CC1. The predicted octanol–water partition coefficient (Wildman–Crippen LogP) is 3.62. The molecule has 0 atom stereocenters. The summed E-state index contributed by atoms with van der Waals surface area (Å²) in [7, 11) is 0. The number of carbonyl (C=O) groups excluding carboxylic acids is 2. The van der Waals surface area contributed by atoms with Gasteiger partial charge in [0.25, 0.3) is 0 Å². The number of urea groups is 1. The summed E-state index contributed by atoms with van der Waals surface area (Å²) < 4.78 is 13.6. The van der Waals surface area contributed by atoms with E-state index in [-0.39, 0.29) is 17.6 Å². The summed E-state index contributed by atoms with van der Waals surface area (Å²) in [4.78, 5) is 25.6. The number of benzene rings is 1. The van der Waals surface area contributed by atoms with Crippen LogP contribution in [-0.2, 0) is 4.79 Å². The van der Waals surface area contributed by atoms with Gasteiger partial charge in [-0.3, -0.25) is 4.79 Å². The highest BCUT2D eigenvalue weighted by molar-refractivity contribution is 5.89. The Bertz CT molecular complexity index is 584. The third-order valence-electron chi connectivity index (χ3n) is 4.49. The molecule has 0 bridgehead atoms. The number of piperidine rings is 1. The summed E-state index contributed by atoms with van der Waals surface area (Å²) in [6.07, 6.45) is 3.32. The highest BCUT2D eigenvalue weighted by atomic mass is 19.1. The van der Waals surface area contributed by atoms with E-state index in [2.05, 4.69) is 10.6 Å². The number of halogens is 1. The van der Waals surface area contributed by atoms with Gasteiger partial charge in [0.05, 0.1) is 5.69 Å². The van der Waals surface area contributed by atoms with E-state index in [9.17, 15) is 14.0 Å². The Hall–Kier alpha value is -2.11. The first kappa shape index (κ1) is 19.2. The first-order valence-corrected chi connectivity index (χ1v) is 9.03. The van der Waals surface area contributed by atoms with Crippen molar-refractivity contribution in [3.05, 3.63) is 30.1 Å². The molecule has 138 valence electrons. The summed E-state index contributed by atoms with van der Waals surface area (Å²) in [5.74, 6) is 0.563. The van der Waals surface area contributed by atoms with Gasteiger partial charge in [0, 0.05) is 26.1 Å². The van der Waals surface area contributed by atoms with Gasteiger partial charge >= 0.3 is 6.03 Å². The first-order chi connectivity index (χ1) is 12.0. The summed E-state index contributed by atoms with van der Waals surface area (Å²) in [5, 5.41) is 5.59. The molecule has 1 aromatic carbocycles. The van der Waals surface area contributed by atoms with Crippen LogP contribution in [0.4, 0.5) is 14.9 Å². The topological polar surface area (TPSA) is 61.4 Å². The van der Waals surface area contributed by atoms with E-state index >= 15 is 0 Å². The Morgan fingerprint density at radius 2 is 1.92 bits per heavy atom. The van der Waals surface area contributed by atoms with Crippen molar-refractivity contribution in [1.29, 1.82) is 0 Å². The largest absolute Gasteiger partial charge is 0.356 e. The standard InChI is InChI=1S/C19H28FN3O2/c1-14(2)13-18(24)21-10-7-15-8-11-23(12-9-15)19(25)22-17-6-4-3-5-16(17)20/h3-6,14-15H,7-13H2,1-2H3,(H,21,24)(H,22,25). The number of nitrogens with zero attached hydrogens (tertiary/aromatic N) is 1. The average molecular weight is 349 g/mol. The Morgan fingerprint density at radius 3 is 2.56 bits per heavy atom. The van der Waals surface area contributed by atoms with Crippen molar-refractivity contribution in [2.45, 2.75) is 39.5 Å².